The number of halogens is 1. The molecular formula is C22H29FN4O. The van der Waals surface area contributed by atoms with Crippen LogP contribution >= 0.6 is 0 Å². The van der Waals surface area contributed by atoms with Crippen molar-refractivity contribution in [3.8, 4) is 0 Å². The molecule has 0 unspecified atom stereocenters. The highest BCUT2D eigenvalue weighted by atomic mass is 19.1. The Bertz CT molecular complexity index is 775. The van der Waals surface area contributed by atoms with Crippen molar-refractivity contribution in [2.75, 3.05) is 32.8 Å². The molecule has 0 radical (unpaired) electrons. The van der Waals surface area contributed by atoms with Crippen LogP contribution in [-0.4, -0.2) is 43.7 Å². The Kier molecular flexibility index (Phi) is 7.82. The predicted octanol–water partition coefficient (Wildman–Crippen LogP) is 2.91. The highest BCUT2D eigenvalue weighted by Gasteiger charge is 2.10. The molecule has 0 amide bonds. The van der Waals surface area contributed by atoms with Crippen molar-refractivity contribution in [1.82, 2.24) is 15.5 Å². The van der Waals surface area contributed by atoms with E-state index in [2.05, 4.69) is 44.8 Å². The number of hydrogen-bond donors (Lipinski definition) is 2. The van der Waals surface area contributed by atoms with Crippen molar-refractivity contribution in [2.24, 2.45) is 4.99 Å². The first-order valence-corrected chi connectivity index (χ1v) is 9.87. The molecule has 1 fully saturated rings. The van der Waals surface area contributed by atoms with E-state index >= 15 is 0 Å². The molecule has 2 aromatic carbocycles. The monoisotopic (exact) mass is 384 g/mol. The Morgan fingerprint density at radius 1 is 1.04 bits per heavy atom. The molecule has 1 heterocycles. The molecule has 0 bridgehead atoms. The number of nitrogens with zero attached hydrogens (tertiary/aromatic N) is 2. The summed E-state index contributed by atoms with van der Waals surface area (Å²) in [6.07, 6.45) is 0. The molecule has 28 heavy (non-hydrogen) atoms. The lowest BCUT2D eigenvalue weighted by molar-refractivity contribution is 0.0342. The number of nitrogens with one attached hydrogen (secondary N) is 2. The highest BCUT2D eigenvalue weighted by Crippen LogP contribution is 2.11. The van der Waals surface area contributed by atoms with Crippen molar-refractivity contribution in [3.63, 3.8) is 0 Å². The molecule has 2 N–H and O–H groups in total. The zero-order chi connectivity index (χ0) is 19.6. The maximum Gasteiger partial charge on any atom is 0.191 e. The van der Waals surface area contributed by atoms with Crippen LogP contribution in [0.2, 0.25) is 0 Å². The van der Waals surface area contributed by atoms with Crippen LogP contribution in [0.1, 0.15) is 23.6 Å². The zero-order valence-corrected chi connectivity index (χ0v) is 16.5. The molecule has 1 aliphatic heterocycles. The van der Waals surface area contributed by atoms with Gasteiger partial charge < -0.3 is 15.4 Å². The third kappa shape index (κ3) is 6.62. The molecule has 150 valence electrons. The summed E-state index contributed by atoms with van der Waals surface area (Å²) >= 11 is 0. The van der Waals surface area contributed by atoms with Gasteiger partial charge >= 0.3 is 0 Å². The highest BCUT2D eigenvalue weighted by molar-refractivity contribution is 5.79. The second-order valence-electron chi connectivity index (χ2n) is 6.89. The Morgan fingerprint density at radius 3 is 2.57 bits per heavy atom. The van der Waals surface area contributed by atoms with Crippen LogP contribution in [0.4, 0.5) is 4.39 Å². The van der Waals surface area contributed by atoms with Gasteiger partial charge in [0.2, 0.25) is 0 Å². The van der Waals surface area contributed by atoms with Gasteiger partial charge in [0.15, 0.2) is 5.96 Å². The van der Waals surface area contributed by atoms with Gasteiger partial charge in [-0.2, -0.15) is 0 Å². The predicted molar refractivity (Wildman–Crippen MR) is 111 cm³/mol. The minimum atomic E-state index is -0.224. The molecule has 6 heteroatoms. The van der Waals surface area contributed by atoms with Gasteiger partial charge in [-0.3, -0.25) is 4.90 Å². The lowest BCUT2D eigenvalue weighted by Crippen LogP contribution is -2.36. The van der Waals surface area contributed by atoms with E-state index < -0.39 is 0 Å². The van der Waals surface area contributed by atoms with Gasteiger partial charge in [-0.15, -0.1) is 0 Å². The molecule has 2 aromatic rings. The fraction of sp³-hybridized carbons (Fsp3) is 0.409. The fourth-order valence-corrected chi connectivity index (χ4v) is 3.19. The minimum Gasteiger partial charge on any atom is -0.379 e. The summed E-state index contributed by atoms with van der Waals surface area (Å²) < 4.78 is 18.7. The number of ether oxygens (including phenoxy) is 1. The van der Waals surface area contributed by atoms with Crippen LogP contribution in [0.3, 0.4) is 0 Å². The molecular weight excluding hydrogens is 355 g/mol. The summed E-state index contributed by atoms with van der Waals surface area (Å²) in [6, 6.07) is 15.2. The number of guanidine groups is 1. The van der Waals surface area contributed by atoms with Gasteiger partial charge in [0.25, 0.3) is 0 Å². The summed E-state index contributed by atoms with van der Waals surface area (Å²) in [5.74, 6) is 0.503. The van der Waals surface area contributed by atoms with Gasteiger partial charge in [0.05, 0.1) is 19.8 Å². The first-order valence-electron chi connectivity index (χ1n) is 9.87. The largest absolute Gasteiger partial charge is 0.379 e. The third-order valence-electron chi connectivity index (χ3n) is 4.61. The first kappa shape index (κ1) is 20.3. The Morgan fingerprint density at radius 2 is 1.79 bits per heavy atom. The van der Waals surface area contributed by atoms with E-state index in [1.165, 1.54) is 23.3 Å². The van der Waals surface area contributed by atoms with Crippen LogP contribution in [0, 0.1) is 5.82 Å². The summed E-state index contributed by atoms with van der Waals surface area (Å²) in [6.45, 7) is 8.46. The van der Waals surface area contributed by atoms with Crippen LogP contribution in [-0.2, 0) is 24.4 Å². The summed E-state index contributed by atoms with van der Waals surface area (Å²) in [7, 11) is 0. The molecule has 0 spiro atoms. The van der Waals surface area contributed by atoms with Crippen LogP contribution in [0.5, 0.6) is 0 Å². The number of morpholine rings is 1. The standard InChI is InChI=1S/C22H29FN4O/c1-2-24-22(26-16-19-6-4-8-21(23)14-19)25-15-18-5-3-7-20(13-18)17-27-9-11-28-12-10-27/h3-8,13-14H,2,9-12,15-17H2,1H3,(H2,24,25,26). The normalized spacial score (nSPS) is 15.4. The van der Waals surface area contributed by atoms with E-state index in [4.69, 9.17) is 4.74 Å². The lowest BCUT2D eigenvalue weighted by atomic mass is 10.1. The topological polar surface area (TPSA) is 48.9 Å². The number of benzene rings is 2. The minimum absolute atomic E-state index is 0.224. The second-order valence-corrected chi connectivity index (χ2v) is 6.89. The van der Waals surface area contributed by atoms with E-state index in [1.54, 1.807) is 6.07 Å². The van der Waals surface area contributed by atoms with Crippen molar-refractivity contribution >= 4 is 5.96 Å². The fourth-order valence-electron chi connectivity index (χ4n) is 3.19. The zero-order valence-electron chi connectivity index (χ0n) is 16.5. The first-order chi connectivity index (χ1) is 13.7. The summed E-state index contributed by atoms with van der Waals surface area (Å²) in [5.41, 5.74) is 3.36. The Labute approximate surface area is 166 Å². The van der Waals surface area contributed by atoms with Gasteiger partial charge in [-0.05, 0) is 35.7 Å². The van der Waals surface area contributed by atoms with Crippen molar-refractivity contribution in [1.29, 1.82) is 0 Å². The molecule has 0 aliphatic carbocycles. The van der Waals surface area contributed by atoms with Crippen LogP contribution in [0.25, 0.3) is 0 Å². The molecule has 5 nitrogen and oxygen atoms in total. The van der Waals surface area contributed by atoms with Gasteiger partial charge in [-0.25, -0.2) is 9.38 Å². The van der Waals surface area contributed by atoms with E-state index in [1.807, 2.05) is 13.0 Å². The Balaban J connectivity index is 1.58. The number of aliphatic imine (C=N–C) groups is 1. The maximum atomic E-state index is 13.3. The molecule has 1 aliphatic rings. The van der Waals surface area contributed by atoms with E-state index in [0.717, 1.165) is 50.9 Å². The van der Waals surface area contributed by atoms with Gasteiger partial charge in [0, 0.05) is 32.7 Å². The molecule has 1 saturated heterocycles. The average molecular weight is 384 g/mol. The van der Waals surface area contributed by atoms with E-state index in [-0.39, 0.29) is 5.82 Å². The average Bonchev–Trinajstić information content (AvgIpc) is 2.71. The molecule has 0 saturated carbocycles. The number of hydrogen-bond acceptors (Lipinski definition) is 3. The summed E-state index contributed by atoms with van der Waals surface area (Å²) in [4.78, 5) is 7.09. The molecule has 0 atom stereocenters. The van der Waals surface area contributed by atoms with Crippen LogP contribution in [0.15, 0.2) is 53.5 Å². The van der Waals surface area contributed by atoms with E-state index in [0.29, 0.717) is 13.1 Å². The van der Waals surface area contributed by atoms with E-state index in [9.17, 15) is 4.39 Å². The van der Waals surface area contributed by atoms with Crippen molar-refractivity contribution in [2.45, 2.75) is 26.6 Å². The maximum absolute atomic E-state index is 13.3. The van der Waals surface area contributed by atoms with Crippen molar-refractivity contribution in [3.05, 3.63) is 71.0 Å². The SMILES string of the molecule is CCNC(=NCc1cccc(CN2CCOCC2)c1)NCc1cccc(F)c1. The second kappa shape index (κ2) is 10.8. The lowest BCUT2D eigenvalue weighted by Gasteiger charge is -2.26. The van der Waals surface area contributed by atoms with Gasteiger partial charge in [0.1, 0.15) is 5.82 Å². The summed E-state index contributed by atoms with van der Waals surface area (Å²) in [5, 5.41) is 6.51. The van der Waals surface area contributed by atoms with Crippen LogP contribution < -0.4 is 10.6 Å². The molecule has 0 aromatic heterocycles. The quantitative estimate of drug-likeness (QED) is 0.569. The smallest absolute Gasteiger partial charge is 0.191 e. The molecule has 3 rings (SSSR count). The Hall–Kier alpha value is -2.44. The third-order valence-corrected chi connectivity index (χ3v) is 4.61. The number of rotatable bonds is 7. The van der Waals surface area contributed by atoms with Gasteiger partial charge in [-0.1, -0.05) is 36.4 Å². The van der Waals surface area contributed by atoms with Crippen molar-refractivity contribution < 1.29 is 9.13 Å².